The van der Waals surface area contributed by atoms with Crippen molar-refractivity contribution in [1.29, 1.82) is 0 Å². The van der Waals surface area contributed by atoms with Gasteiger partial charge in [-0.3, -0.25) is 4.79 Å². The first-order valence-electron chi connectivity index (χ1n) is 7.48. The second-order valence-corrected chi connectivity index (χ2v) is 6.01. The van der Waals surface area contributed by atoms with E-state index in [1.165, 1.54) is 12.8 Å². The molecule has 5 nitrogen and oxygen atoms in total. The lowest BCUT2D eigenvalue weighted by atomic mass is 9.71. The van der Waals surface area contributed by atoms with Crippen LogP contribution in [0, 0.1) is 5.41 Å². The number of carbonyl (C=O) groups excluding carboxylic acids is 1. The Bertz CT molecular complexity index is 318. The van der Waals surface area contributed by atoms with Gasteiger partial charge < -0.3 is 19.7 Å². The zero-order chi connectivity index (χ0) is 13.1. The van der Waals surface area contributed by atoms with Gasteiger partial charge in [0.2, 0.25) is 0 Å². The zero-order valence-electron chi connectivity index (χ0n) is 11.9. The molecule has 0 radical (unpaired) electrons. The van der Waals surface area contributed by atoms with Crippen LogP contribution in [-0.4, -0.2) is 62.9 Å². The van der Waals surface area contributed by atoms with Crippen LogP contribution in [0.1, 0.15) is 25.7 Å². The Labute approximate surface area is 126 Å². The summed E-state index contributed by atoms with van der Waals surface area (Å²) in [7, 11) is 0. The topological polar surface area (TPSA) is 50.8 Å². The summed E-state index contributed by atoms with van der Waals surface area (Å²) in [5.74, 6) is 0.128. The minimum absolute atomic E-state index is 0. The van der Waals surface area contributed by atoms with Crippen molar-refractivity contribution in [2.75, 3.05) is 46.0 Å². The van der Waals surface area contributed by atoms with E-state index in [1.54, 1.807) is 0 Å². The van der Waals surface area contributed by atoms with Crippen LogP contribution in [0.3, 0.4) is 0 Å². The molecule has 3 fully saturated rings. The Morgan fingerprint density at radius 1 is 1.10 bits per heavy atom. The van der Waals surface area contributed by atoms with Crippen LogP contribution >= 0.6 is 12.4 Å². The van der Waals surface area contributed by atoms with E-state index in [1.807, 2.05) is 4.90 Å². The molecule has 3 aliphatic heterocycles. The van der Waals surface area contributed by atoms with Crippen molar-refractivity contribution in [3.05, 3.63) is 0 Å². The number of likely N-dealkylation sites (tertiary alicyclic amines) is 1. The molecule has 6 heteroatoms. The Balaban J connectivity index is 0.00000147. The van der Waals surface area contributed by atoms with Gasteiger partial charge in [-0.05, 0) is 44.2 Å². The minimum atomic E-state index is -0.365. The average Bonchev–Trinajstić information content (AvgIpc) is 2.49. The molecular formula is C14H25ClN2O3. The number of hydrogen-bond donors (Lipinski definition) is 1. The molecule has 0 aromatic rings. The van der Waals surface area contributed by atoms with E-state index in [-0.39, 0.29) is 24.4 Å². The second-order valence-electron chi connectivity index (χ2n) is 6.01. The van der Waals surface area contributed by atoms with Crippen LogP contribution in [0.4, 0.5) is 0 Å². The first kappa shape index (κ1) is 16.0. The number of amides is 1. The molecule has 1 atom stereocenters. The second kappa shape index (κ2) is 7.07. The predicted molar refractivity (Wildman–Crippen MR) is 78.2 cm³/mol. The Morgan fingerprint density at radius 2 is 1.80 bits per heavy atom. The fraction of sp³-hybridized carbons (Fsp3) is 0.929. The minimum Gasteiger partial charge on any atom is -0.376 e. The normalized spacial score (nSPS) is 29.8. The molecule has 3 saturated heterocycles. The van der Waals surface area contributed by atoms with E-state index < -0.39 is 0 Å². The molecule has 20 heavy (non-hydrogen) atoms. The van der Waals surface area contributed by atoms with Gasteiger partial charge in [0.15, 0.2) is 6.10 Å². The molecule has 0 aromatic heterocycles. The van der Waals surface area contributed by atoms with Gasteiger partial charge in [0.1, 0.15) is 0 Å². The van der Waals surface area contributed by atoms with Gasteiger partial charge >= 0.3 is 0 Å². The van der Waals surface area contributed by atoms with E-state index in [2.05, 4.69) is 5.32 Å². The molecular weight excluding hydrogens is 280 g/mol. The van der Waals surface area contributed by atoms with Crippen molar-refractivity contribution in [3.63, 3.8) is 0 Å². The van der Waals surface area contributed by atoms with E-state index in [9.17, 15) is 4.79 Å². The molecule has 116 valence electrons. The molecule has 3 aliphatic rings. The first-order valence-corrected chi connectivity index (χ1v) is 7.48. The summed E-state index contributed by atoms with van der Waals surface area (Å²) in [6.45, 7) is 5.61. The maximum absolute atomic E-state index is 12.3. The van der Waals surface area contributed by atoms with Gasteiger partial charge in [0.05, 0.1) is 19.8 Å². The van der Waals surface area contributed by atoms with Gasteiger partial charge in [-0.15, -0.1) is 12.4 Å². The van der Waals surface area contributed by atoms with Crippen molar-refractivity contribution in [3.8, 4) is 0 Å². The summed E-state index contributed by atoms with van der Waals surface area (Å²) >= 11 is 0. The van der Waals surface area contributed by atoms with Crippen molar-refractivity contribution >= 4 is 18.3 Å². The molecule has 3 rings (SSSR count). The summed E-state index contributed by atoms with van der Waals surface area (Å²) in [6, 6.07) is 0. The SMILES string of the molecule is Cl.O=C(C1COCCO1)N1CCC2(CCNCC2)CC1. The molecule has 0 aliphatic carbocycles. The van der Waals surface area contributed by atoms with Crippen molar-refractivity contribution in [2.24, 2.45) is 5.41 Å². The third-order valence-corrected chi connectivity index (χ3v) is 4.89. The van der Waals surface area contributed by atoms with Crippen molar-refractivity contribution in [2.45, 2.75) is 31.8 Å². The van der Waals surface area contributed by atoms with Crippen molar-refractivity contribution in [1.82, 2.24) is 10.2 Å². The first-order chi connectivity index (χ1) is 9.29. The van der Waals surface area contributed by atoms with Gasteiger partial charge in [-0.25, -0.2) is 0 Å². The Morgan fingerprint density at radius 3 is 2.40 bits per heavy atom. The highest BCUT2D eigenvalue weighted by molar-refractivity contribution is 5.85. The van der Waals surface area contributed by atoms with Crippen LogP contribution in [-0.2, 0) is 14.3 Å². The van der Waals surface area contributed by atoms with Crippen LogP contribution in [0.25, 0.3) is 0 Å². The molecule has 1 spiro atoms. The summed E-state index contributed by atoms with van der Waals surface area (Å²) < 4.78 is 10.8. The third-order valence-electron chi connectivity index (χ3n) is 4.89. The fourth-order valence-electron chi connectivity index (χ4n) is 3.49. The lowest BCUT2D eigenvalue weighted by Crippen LogP contribution is -2.51. The smallest absolute Gasteiger partial charge is 0.254 e. The zero-order valence-corrected chi connectivity index (χ0v) is 12.8. The highest BCUT2D eigenvalue weighted by atomic mass is 35.5. The van der Waals surface area contributed by atoms with Crippen LogP contribution < -0.4 is 5.32 Å². The highest BCUT2D eigenvalue weighted by Crippen LogP contribution is 2.39. The van der Waals surface area contributed by atoms with Gasteiger partial charge in [0, 0.05) is 13.1 Å². The predicted octanol–water partition coefficient (Wildman–Crippen LogP) is 0.816. The lowest BCUT2D eigenvalue weighted by Gasteiger charge is -2.45. The Hall–Kier alpha value is -0.360. The van der Waals surface area contributed by atoms with Gasteiger partial charge in [0.25, 0.3) is 5.91 Å². The van der Waals surface area contributed by atoms with E-state index in [0.717, 1.165) is 39.0 Å². The monoisotopic (exact) mass is 304 g/mol. The average molecular weight is 305 g/mol. The maximum atomic E-state index is 12.3. The summed E-state index contributed by atoms with van der Waals surface area (Å²) in [5.41, 5.74) is 0.492. The number of nitrogens with zero attached hydrogens (tertiary/aromatic N) is 1. The molecule has 0 bridgehead atoms. The van der Waals surface area contributed by atoms with Crippen LogP contribution in [0.5, 0.6) is 0 Å². The third kappa shape index (κ3) is 3.45. The largest absolute Gasteiger partial charge is 0.376 e. The summed E-state index contributed by atoms with van der Waals surface area (Å²) in [5, 5.41) is 3.42. The molecule has 1 N–H and O–H groups in total. The summed E-state index contributed by atoms with van der Waals surface area (Å²) in [6.07, 6.45) is 4.45. The Kier molecular flexibility index (Phi) is 5.66. The van der Waals surface area contributed by atoms with E-state index in [0.29, 0.717) is 25.2 Å². The van der Waals surface area contributed by atoms with Crippen LogP contribution in [0.15, 0.2) is 0 Å². The number of nitrogens with one attached hydrogen (secondary N) is 1. The molecule has 3 heterocycles. The van der Waals surface area contributed by atoms with Gasteiger partial charge in [-0.1, -0.05) is 0 Å². The number of carbonyl (C=O) groups is 1. The van der Waals surface area contributed by atoms with Crippen molar-refractivity contribution < 1.29 is 14.3 Å². The van der Waals surface area contributed by atoms with Crippen LogP contribution in [0.2, 0.25) is 0 Å². The number of ether oxygens (including phenoxy) is 2. The molecule has 0 saturated carbocycles. The molecule has 1 unspecified atom stereocenters. The fourth-order valence-corrected chi connectivity index (χ4v) is 3.49. The number of halogens is 1. The van der Waals surface area contributed by atoms with E-state index >= 15 is 0 Å². The van der Waals surface area contributed by atoms with E-state index in [4.69, 9.17) is 9.47 Å². The summed E-state index contributed by atoms with van der Waals surface area (Å²) in [4.78, 5) is 14.3. The quantitative estimate of drug-likeness (QED) is 0.779. The molecule has 1 amide bonds. The number of rotatable bonds is 1. The highest BCUT2D eigenvalue weighted by Gasteiger charge is 2.38. The maximum Gasteiger partial charge on any atom is 0.254 e. The van der Waals surface area contributed by atoms with Gasteiger partial charge in [-0.2, -0.15) is 0 Å². The number of piperidine rings is 2. The lowest BCUT2D eigenvalue weighted by molar-refractivity contribution is -0.160. The number of hydrogen-bond acceptors (Lipinski definition) is 4. The molecule has 0 aromatic carbocycles. The standard InChI is InChI=1S/C14H24N2O3.ClH/c17-13(12-11-18-9-10-19-12)16-7-3-14(4-8-16)1-5-15-6-2-14;/h12,15H,1-11H2;1H.